The van der Waals surface area contributed by atoms with E-state index in [9.17, 15) is 4.79 Å². The van der Waals surface area contributed by atoms with Gasteiger partial charge in [-0.15, -0.1) is 0 Å². The van der Waals surface area contributed by atoms with Gasteiger partial charge in [-0.2, -0.15) is 0 Å². The minimum absolute atomic E-state index is 0.0157. The number of hydrogen-bond acceptors (Lipinski definition) is 4. The van der Waals surface area contributed by atoms with Crippen LogP contribution in [0.25, 0.3) is 0 Å². The summed E-state index contributed by atoms with van der Waals surface area (Å²) in [6.45, 7) is 0.897. The predicted molar refractivity (Wildman–Crippen MR) is 91.3 cm³/mol. The predicted octanol–water partition coefficient (Wildman–Crippen LogP) is 2.53. The molecular weight excluding hydrogens is 304 g/mol. The third-order valence-electron chi connectivity index (χ3n) is 3.99. The van der Waals surface area contributed by atoms with E-state index in [4.69, 9.17) is 9.47 Å². The highest BCUT2D eigenvalue weighted by Gasteiger charge is 2.15. The zero-order valence-corrected chi connectivity index (χ0v) is 13.7. The average molecular weight is 326 g/mol. The maximum Gasteiger partial charge on any atom is 0.258 e. The first-order valence-corrected chi connectivity index (χ1v) is 8.37. The standard InChI is InChI=1S/C19H22N2O3/c22-19(21-12-13-23-15-6-2-1-3-7-15)14-24-18-10-11-20-17-9-5-4-8-16(17)18/h1-3,6-7,10-11H,4-5,8-9,12-14H2,(H,21,22). The van der Waals surface area contributed by atoms with Crippen LogP contribution in [0.5, 0.6) is 11.5 Å². The maximum absolute atomic E-state index is 11.9. The largest absolute Gasteiger partial charge is 0.492 e. The van der Waals surface area contributed by atoms with Crippen molar-refractivity contribution in [1.82, 2.24) is 10.3 Å². The van der Waals surface area contributed by atoms with Crippen LogP contribution in [0, 0.1) is 0 Å². The molecule has 3 rings (SSSR count). The molecule has 1 N–H and O–H groups in total. The number of pyridine rings is 1. The van der Waals surface area contributed by atoms with Crippen LogP contribution in [-0.4, -0.2) is 30.6 Å². The SMILES string of the molecule is O=C(COc1ccnc2c1CCCC2)NCCOc1ccccc1. The van der Waals surface area contributed by atoms with E-state index in [1.165, 1.54) is 6.42 Å². The number of hydrogen-bond donors (Lipinski definition) is 1. The number of fused-ring (bicyclic) bond motifs is 1. The molecule has 126 valence electrons. The van der Waals surface area contributed by atoms with Gasteiger partial charge >= 0.3 is 0 Å². The monoisotopic (exact) mass is 326 g/mol. The summed E-state index contributed by atoms with van der Waals surface area (Å²) < 4.78 is 11.2. The van der Waals surface area contributed by atoms with Gasteiger partial charge in [-0.25, -0.2) is 0 Å². The zero-order valence-electron chi connectivity index (χ0n) is 13.7. The van der Waals surface area contributed by atoms with Crippen molar-refractivity contribution < 1.29 is 14.3 Å². The molecule has 0 spiro atoms. The van der Waals surface area contributed by atoms with Crippen molar-refractivity contribution in [3.05, 3.63) is 53.9 Å². The molecule has 1 amide bonds. The molecule has 1 aliphatic carbocycles. The Morgan fingerprint density at radius 3 is 2.79 bits per heavy atom. The van der Waals surface area contributed by atoms with Crippen LogP contribution in [0.4, 0.5) is 0 Å². The fourth-order valence-corrected chi connectivity index (χ4v) is 2.80. The lowest BCUT2D eigenvalue weighted by atomic mass is 9.95. The van der Waals surface area contributed by atoms with E-state index < -0.39 is 0 Å². The third kappa shape index (κ3) is 4.47. The number of amides is 1. The number of nitrogens with zero attached hydrogens (tertiary/aromatic N) is 1. The van der Waals surface area contributed by atoms with Gasteiger partial charge in [-0.05, 0) is 43.9 Å². The Morgan fingerprint density at radius 2 is 1.92 bits per heavy atom. The van der Waals surface area contributed by atoms with Crippen LogP contribution in [0.1, 0.15) is 24.1 Å². The number of carbonyl (C=O) groups excluding carboxylic acids is 1. The zero-order chi connectivity index (χ0) is 16.6. The summed E-state index contributed by atoms with van der Waals surface area (Å²) in [6, 6.07) is 11.4. The van der Waals surface area contributed by atoms with Crippen molar-refractivity contribution in [2.45, 2.75) is 25.7 Å². The molecule has 24 heavy (non-hydrogen) atoms. The molecule has 5 nitrogen and oxygen atoms in total. The molecule has 1 aliphatic rings. The van der Waals surface area contributed by atoms with E-state index in [2.05, 4.69) is 10.3 Å². The summed E-state index contributed by atoms with van der Waals surface area (Å²) in [5, 5.41) is 2.80. The summed E-state index contributed by atoms with van der Waals surface area (Å²) in [5.74, 6) is 1.44. The Balaban J connectivity index is 1.40. The molecule has 1 aromatic carbocycles. The Labute approximate surface area is 142 Å². The van der Waals surface area contributed by atoms with Gasteiger partial charge in [0.15, 0.2) is 6.61 Å². The number of aryl methyl sites for hydroxylation is 1. The van der Waals surface area contributed by atoms with Crippen LogP contribution in [0.2, 0.25) is 0 Å². The number of para-hydroxylation sites is 1. The molecule has 1 aromatic heterocycles. The first-order valence-electron chi connectivity index (χ1n) is 8.37. The lowest BCUT2D eigenvalue weighted by molar-refractivity contribution is -0.123. The highest BCUT2D eigenvalue weighted by Crippen LogP contribution is 2.27. The number of aromatic nitrogens is 1. The van der Waals surface area contributed by atoms with Gasteiger partial charge < -0.3 is 14.8 Å². The van der Waals surface area contributed by atoms with Gasteiger partial charge in [0.2, 0.25) is 0 Å². The third-order valence-corrected chi connectivity index (χ3v) is 3.99. The topological polar surface area (TPSA) is 60.5 Å². The van der Waals surface area contributed by atoms with Gasteiger partial charge in [0.25, 0.3) is 5.91 Å². The van der Waals surface area contributed by atoms with Crippen molar-refractivity contribution >= 4 is 5.91 Å². The molecule has 0 bridgehead atoms. The second-order valence-corrected chi connectivity index (χ2v) is 5.74. The minimum Gasteiger partial charge on any atom is -0.492 e. The smallest absolute Gasteiger partial charge is 0.258 e. The molecule has 0 saturated carbocycles. The average Bonchev–Trinajstić information content (AvgIpc) is 2.64. The van der Waals surface area contributed by atoms with Crippen LogP contribution >= 0.6 is 0 Å². The van der Waals surface area contributed by atoms with Crippen LogP contribution in [-0.2, 0) is 17.6 Å². The Hall–Kier alpha value is -2.56. The van der Waals surface area contributed by atoms with Crippen molar-refractivity contribution in [3.63, 3.8) is 0 Å². The first-order chi connectivity index (χ1) is 11.8. The van der Waals surface area contributed by atoms with E-state index in [0.717, 1.165) is 42.0 Å². The van der Waals surface area contributed by atoms with Gasteiger partial charge in [0.1, 0.15) is 18.1 Å². The number of carbonyl (C=O) groups is 1. The molecule has 0 unspecified atom stereocenters. The second kappa shape index (κ2) is 8.34. The van der Waals surface area contributed by atoms with Crippen LogP contribution < -0.4 is 14.8 Å². The summed E-state index contributed by atoms with van der Waals surface area (Å²) in [4.78, 5) is 16.3. The molecule has 0 aliphatic heterocycles. The molecule has 0 radical (unpaired) electrons. The summed E-state index contributed by atoms with van der Waals surface area (Å²) in [7, 11) is 0. The van der Waals surface area contributed by atoms with E-state index in [1.54, 1.807) is 6.20 Å². The van der Waals surface area contributed by atoms with E-state index in [1.807, 2.05) is 36.4 Å². The molecule has 2 aromatic rings. The van der Waals surface area contributed by atoms with Crippen molar-refractivity contribution in [3.8, 4) is 11.5 Å². The van der Waals surface area contributed by atoms with Gasteiger partial charge in [-0.1, -0.05) is 18.2 Å². The van der Waals surface area contributed by atoms with Crippen molar-refractivity contribution in [1.29, 1.82) is 0 Å². The summed E-state index contributed by atoms with van der Waals surface area (Å²) in [6.07, 6.45) is 6.05. The van der Waals surface area contributed by atoms with Gasteiger partial charge in [0, 0.05) is 17.5 Å². The summed E-state index contributed by atoms with van der Waals surface area (Å²) in [5.41, 5.74) is 2.26. The van der Waals surface area contributed by atoms with Crippen molar-refractivity contribution in [2.75, 3.05) is 19.8 Å². The molecule has 0 saturated heterocycles. The first kappa shape index (κ1) is 16.3. The quantitative estimate of drug-likeness (QED) is 0.794. The fourth-order valence-electron chi connectivity index (χ4n) is 2.80. The van der Waals surface area contributed by atoms with Gasteiger partial charge in [0.05, 0.1) is 6.54 Å². The van der Waals surface area contributed by atoms with Crippen molar-refractivity contribution in [2.24, 2.45) is 0 Å². The van der Waals surface area contributed by atoms with Gasteiger partial charge in [-0.3, -0.25) is 9.78 Å². The van der Waals surface area contributed by atoms with E-state index >= 15 is 0 Å². The molecule has 0 atom stereocenters. The summed E-state index contributed by atoms with van der Waals surface area (Å²) >= 11 is 0. The number of rotatable bonds is 7. The fraction of sp³-hybridized carbons (Fsp3) is 0.368. The normalized spacial score (nSPS) is 13.0. The Kier molecular flexibility index (Phi) is 5.66. The lowest BCUT2D eigenvalue weighted by Crippen LogP contribution is -2.32. The molecule has 0 fully saturated rings. The number of benzene rings is 1. The number of ether oxygens (including phenoxy) is 2. The molecule has 5 heteroatoms. The minimum atomic E-state index is -0.145. The second-order valence-electron chi connectivity index (χ2n) is 5.74. The van der Waals surface area contributed by atoms with E-state index in [-0.39, 0.29) is 12.5 Å². The van der Waals surface area contributed by atoms with E-state index in [0.29, 0.717) is 13.2 Å². The lowest BCUT2D eigenvalue weighted by Gasteiger charge is -2.18. The molecule has 1 heterocycles. The highest BCUT2D eigenvalue weighted by molar-refractivity contribution is 5.77. The molecular formula is C19H22N2O3. The van der Waals surface area contributed by atoms with Crippen LogP contribution in [0.15, 0.2) is 42.6 Å². The van der Waals surface area contributed by atoms with Crippen LogP contribution in [0.3, 0.4) is 0 Å². The maximum atomic E-state index is 11.9. The highest BCUT2D eigenvalue weighted by atomic mass is 16.5. The Bertz CT molecular complexity index is 674. The number of nitrogens with one attached hydrogen (secondary N) is 1. The Morgan fingerprint density at radius 1 is 1.08 bits per heavy atom.